The number of carbonyl (C=O) groups excluding carboxylic acids is 2. The molecule has 1 spiro atoms. The number of rotatable bonds is 1. The fourth-order valence-electron chi connectivity index (χ4n) is 3.61. The third-order valence-corrected chi connectivity index (χ3v) is 5.43. The van der Waals surface area contributed by atoms with Crippen LogP contribution in [0.15, 0.2) is 21.7 Å². The second kappa shape index (κ2) is 3.74. The second-order valence-electron chi connectivity index (χ2n) is 6.06. The lowest BCUT2D eigenvalue weighted by atomic mass is 9.77. The average Bonchev–Trinajstić information content (AvgIpc) is 3.09. The van der Waals surface area contributed by atoms with Crippen LogP contribution in [0.3, 0.4) is 0 Å². The Balaban J connectivity index is 2.23. The van der Waals surface area contributed by atoms with E-state index in [9.17, 15) is 14.7 Å². The van der Waals surface area contributed by atoms with Gasteiger partial charge in [-0.1, -0.05) is 29.3 Å². The van der Waals surface area contributed by atoms with E-state index in [1.54, 1.807) is 20.8 Å². The number of hydrogen-bond acceptors (Lipinski definition) is 4. The number of halogens is 2. The zero-order chi connectivity index (χ0) is 15.1. The van der Waals surface area contributed by atoms with Gasteiger partial charge in [0.25, 0.3) is 0 Å². The van der Waals surface area contributed by atoms with E-state index >= 15 is 0 Å². The van der Waals surface area contributed by atoms with Gasteiger partial charge in [-0.15, -0.1) is 0 Å². The van der Waals surface area contributed by atoms with Crippen LogP contribution in [0.2, 0.25) is 0 Å². The topological polar surface area (TPSA) is 63.6 Å². The molecular formula is C14H14Cl2O4. The molecule has 4 nitrogen and oxygen atoms in total. The van der Waals surface area contributed by atoms with E-state index in [1.807, 2.05) is 0 Å². The van der Waals surface area contributed by atoms with Crippen molar-refractivity contribution in [3.63, 3.8) is 0 Å². The highest BCUT2D eigenvalue weighted by Gasteiger charge is 2.85. The number of ether oxygens (including phenoxy) is 1. The molecule has 1 saturated carbocycles. The third kappa shape index (κ3) is 1.31. The second-order valence-corrected chi connectivity index (χ2v) is 6.85. The van der Waals surface area contributed by atoms with Crippen LogP contribution in [-0.2, 0) is 14.3 Å². The summed E-state index contributed by atoms with van der Waals surface area (Å²) in [5.41, 5.74) is -2.15. The van der Waals surface area contributed by atoms with Gasteiger partial charge >= 0.3 is 0 Å². The predicted octanol–water partition coefficient (Wildman–Crippen LogP) is 2.28. The smallest absolute Gasteiger partial charge is 0.245 e. The molecule has 1 aliphatic heterocycles. The molecule has 0 radical (unpaired) electrons. The summed E-state index contributed by atoms with van der Waals surface area (Å²) in [5, 5.41) is 10.6. The molecule has 6 heteroatoms. The molecule has 0 aromatic heterocycles. The minimum atomic E-state index is -2.16. The van der Waals surface area contributed by atoms with Crippen LogP contribution < -0.4 is 0 Å². The molecule has 20 heavy (non-hydrogen) atoms. The quantitative estimate of drug-likeness (QED) is 0.806. The van der Waals surface area contributed by atoms with Crippen molar-refractivity contribution in [3.05, 3.63) is 21.7 Å². The Labute approximate surface area is 126 Å². The maximum absolute atomic E-state index is 12.6. The Morgan fingerprint density at radius 3 is 2.50 bits per heavy atom. The SMILES string of the molecule is CC=C(Cl)C1=C(Cl)C(=O)C23CC2C(C)(C)OC3(O)C1=O. The molecule has 2 fully saturated rings. The minimum Gasteiger partial charge on any atom is -0.358 e. The van der Waals surface area contributed by atoms with Gasteiger partial charge in [0, 0.05) is 11.0 Å². The number of ketones is 2. The van der Waals surface area contributed by atoms with Gasteiger partial charge in [0.2, 0.25) is 11.6 Å². The van der Waals surface area contributed by atoms with Gasteiger partial charge in [0.15, 0.2) is 5.78 Å². The highest BCUT2D eigenvalue weighted by Crippen LogP contribution is 2.74. The van der Waals surface area contributed by atoms with Crippen LogP contribution in [-0.4, -0.2) is 28.1 Å². The van der Waals surface area contributed by atoms with E-state index in [1.165, 1.54) is 6.08 Å². The summed E-state index contributed by atoms with van der Waals surface area (Å²) in [6, 6.07) is 0. The number of allylic oxidation sites excluding steroid dienone is 3. The number of hydrogen-bond donors (Lipinski definition) is 1. The highest BCUT2D eigenvalue weighted by atomic mass is 35.5. The molecule has 3 rings (SSSR count). The van der Waals surface area contributed by atoms with Gasteiger partial charge in [0.05, 0.1) is 16.2 Å². The number of aliphatic hydroxyl groups is 1. The van der Waals surface area contributed by atoms with E-state index in [4.69, 9.17) is 27.9 Å². The zero-order valence-electron chi connectivity index (χ0n) is 11.3. The van der Waals surface area contributed by atoms with Crippen molar-refractivity contribution in [2.24, 2.45) is 11.3 Å². The summed E-state index contributed by atoms with van der Waals surface area (Å²) < 4.78 is 5.56. The van der Waals surface area contributed by atoms with Crippen molar-refractivity contribution in [1.82, 2.24) is 0 Å². The normalized spacial score (nSPS) is 42.7. The molecule has 2 aliphatic carbocycles. The lowest BCUT2D eigenvalue weighted by Gasteiger charge is -2.36. The van der Waals surface area contributed by atoms with Crippen LogP contribution >= 0.6 is 23.2 Å². The third-order valence-electron chi connectivity index (χ3n) is 4.67. The number of Topliss-reactive ketones (excluding diaryl/α,β-unsaturated/α-hetero) is 2. The fourth-order valence-corrected chi connectivity index (χ4v) is 4.19. The lowest BCUT2D eigenvalue weighted by molar-refractivity contribution is -0.239. The summed E-state index contributed by atoms with van der Waals surface area (Å²) in [5.74, 6) is -3.55. The Morgan fingerprint density at radius 2 is 2.00 bits per heavy atom. The highest BCUT2D eigenvalue weighted by molar-refractivity contribution is 6.50. The van der Waals surface area contributed by atoms with Gasteiger partial charge < -0.3 is 9.84 Å². The van der Waals surface area contributed by atoms with Crippen LogP contribution in [0.4, 0.5) is 0 Å². The van der Waals surface area contributed by atoms with E-state index in [-0.39, 0.29) is 21.6 Å². The first-order valence-corrected chi connectivity index (χ1v) is 7.13. The van der Waals surface area contributed by atoms with Crippen LogP contribution in [0.5, 0.6) is 0 Å². The monoisotopic (exact) mass is 316 g/mol. The largest absolute Gasteiger partial charge is 0.358 e. The maximum atomic E-state index is 12.6. The fraction of sp³-hybridized carbons (Fsp3) is 0.571. The molecule has 3 atom stereocenters. The van der Waals surface area contributed by atoms with Crippen molar-refractivity contribution >= 4 is 34.8 Å². The molecule has 1 N–H and O–H groups in total. The van der Waals surface area contributed by atoms with E-state index in [0.29, 0.717) is 6.42 Å². The molecule has 0 aromatic rings. The Bertz CT molecular complexity index is 619. The number of carbonyl (C=O) groups is 2. The van der Waals surface area contributed by atoms with Gasteiger partial charge in [-0.2, -0.15) is 0 Å². The van der Waals surface area contributed by atoms with E-state index < -0.39 is 28.4 Å². The van der Waals surface area contributed by atoms with Crippen LogP contribution in [0.25, 0.3) is 0 Å². The van der Waals surface area contributed by atoms with Crippen molar-refractivity contribution < 1.29 is 19.4 Å². The minimum absolute atomic E-state index is 0.0436. The first kappa shape index (κ1) is 14.3. The first-order chi connectivity index (χ1) is 9.13. The van der Waals surface area contributed by atoms with Gasteiger partial charge in [-0.25, -0.2) is 0 Å². The molecule has 3 unspecified atom stereocenters. The van der Waals surface area contributed by atoms with Gasteiger partial charge in [-0.3, -0.25) is 9.59 Å². The maximum Gasteiger partial charge on any atom is 0.245 e. The van der Waals surface area contributed by atoms with Crippen LogP contribution in [0, 0.1) is 11.3 Å². The predicted molar refractivity (Wildman–Crippen MR) is 73.2 cm³/mol. The molecule has 1 heterocycles. The van der Waals surface area contributed by atoms with E-state index in [2.05, 4.69) is 0 Å². The molecular weight excluding hydrogens is 303 g/mol. The lowest BCUT2D eigenvalue weighted by Crippen LogP contribution is -2.55. The summed E-state index contributed by atoms with van der Waals surface area (Å²) in [7, 11) is 0. The molecule has 0 amide bonds. The molecule has 3 aliphatic rings. The summed E-state index contributed by atoms with van der Waals surface area (Å²) >= 11 is 12.0. The molecule has 0 aromatic carbocycles. The van der Waals surface area contributed by atoms with Gasteiger partial charge in [0.1, 0.15) is 5.41 Å². The van der Waals surface area contributed by atoms with Crippen molar-refractivity contribution in [1.29, 1.82) is 0 Å². The van der Waals surface area contributed by atoms with Gasteiger partial charge in [-0.05, 0) is 27.2 Å². The van der Waals surface area contributed by atoms with E-state index in [0.717, 1.165) is 0 Å². The summed E-state index contributed by atoms with van der Waals surface area (Å²) in [6.07, 6.45) is 1.86. The molecule has 108 valence electrons. The first-order valence-electron chi connectivity index (χ1n) is 6.37. The summed E-state index contributed by atoms with van der Waals surface area (Å²) in [6.45, 7) is 5.13. The Morgan fingerprint density at radius 1 is 1.40 bits per heavy atom. The van der Waals surface area contributed by atoms with Crippen molar-refractivity contribution in [2.75, 3.05) is 0 Å². The standard InChI is InChI=1S/C14H14Cl2O4/c1-4-6(15)8-9(16)11(18)13-5-7(13)12(2,3)20-14(13,19)10(8)17/h4,7,19H,5H2,1-3H3. The molecule has 1 saturated heterocycles. The van der Waals surface area contributed by atoms with Crippen molar-refractivity contribution in [3.8, 4) is 0 Å². The summed E-state index contributed by atoms with van der Waals surface area (Å²) in [4.78, 5) is 25.2. The Kier molecular flexibility index (Phi) is 2.67. The average molecular weight is 317 g/mol. The Hall–Kier alpha value is -0.680. The van der Waals surface area contributed by atoms with Crippen molar-refractivity contribution in [2.45, 2.75) is 38.6 Å². The van der Waals surface area contributed by atoms with Crippen LogP contribution in [0.1, 0.15) is 27.2 Å². The zero-order valence-corrected chi connectivity index (χ0v) is 12.8. The molecule has 0 bridgehead atoms.